The Bertz CT molecular complexity index is 591. The molecule has 0 spiro atoms. The number of benzene rings is 1. The largest absolute Gasteiger partial charge is 0.342 e. The van der Waals surface area contributed by atoms with Crippen LogP contribution in [0.1, 0.15) is 31.5 Å². The number of hydrogen-bond donors (Lipinski definition) is 0. The molecule has 2 heteroatoms. The maximum Gasteiger partial charge on any atom is 0.0663 e. The molecule has 94 valence electrons. The van der Waals surface area contributed by atoms with E-state index in [1.54, 1.807) is 0 Å². The predicted molar refractivity (Wildman–Crippen MR) is 79.3 cm³/mol. The summed E-state index contributed by atoms with van der Waals surface area (Å²) in [5.74, 6) is 0. The molecule has 1 aromatic carbocycles. The quantitative estimate of drug-likeness (QED) is 0.715. The molecule has 2 aromatic rings. The highest BCUT2D eigenvalue weighted by molar-refractivity contribution is 6.06. The summed E-state index contributed by atoms with van der Waals surface area (Å²) in [4.78, 5) is 4.58. The van der Waals surface area contributed by atoms with Gasteiger partial charge < -0.3 is 4.57 Å². The fraction of sp³-hybridized carbons (Fsp3) is 0.312. The maximum absolute atomic E-state index is 4.58. The molecule has 0 amide bonds. The van der Waals surface area contributed by atoms with Crippen molar-refractivity contribution in [2.24, 2.45) is 12.0 Å². The molecule has 0 saturated carbocycles. The predicted octanol–water partition coefficient (Wildman–Crippen LogP) is 4.22. The third kappa shape index (κ3) is 1.99. The average Bonchev–Trinajstić information content (AvgIpc) is 2.60. The van der Waals surface area contributed by atoms with Crippen LogP contribution in [0.25, 0.3) is 10.9 Å². The first kappa shape index (κ1) is 12.6. The van der Waals surface area contributed by atoms with E-state index in [9.17, 15) is 0 Å². The van der Waals surface area contributed by atoms with Gasteiger partial charge >= 0.3 is 0 Å². The van der Waals surface area contributed by atoms with Crippen molar-refractivity contribution < 1.29 is 0 Å². The summed E-state index contributed by atoms with van der Waals surface area (Å²) in [7, 11) is 2.11. The van der Waals surface area contributed by atoms with Gasteiger partial charge in [0.1, 0.15) is 0 Å². The minimum atomic E-state index is 0.858. The third-order valence-corrected chi connectivity index (χ3v) is 3.29. The molecular weight excluding hydrogens is 220 g/mol. The summed E-state index contributed by atoms with van der Waals surface area (Å²) in [5, 5.41) is 1.30. The van der Waals surface area contributed by atoms with E-state index < -0.39 is 0 Å². The van der Waals surface area contributed by atoms with Crippen LogP contribution in [0.4, 0.5) is 0 Å². The lowest BCUT2D eigenvalue weighted by Gasteiger charge is -2.08. The Morgan fingerprint density at radius 2 is 2.00 bits per heavy atom. The van der Waals surface area contributed by atoms with E-state index in [2.05, 4.69) is 61.3 Å². The fourth-order valence-electron chi connectivity index (χ4n) is 2.52. The van der Waals surface area contributed by atoms with Gasteiger partial charge in [-0.3, -0.25) is 4.99 Å². The molecule has 1 aromatic heterocycles. The van der Waals surface area contributed by atoms with E-state index in [0.29, 0.717) is 0 Å². The van der Waals surface area contributed by atoms with Crippen molar-refractivity contribution in [3.05, 3.63) is 47.8 Å². The van der Waals surface area contributed by atoms with Gasteiger partial charge in [-0.05, 0) is 31.9 Å². The molecule has 0 atom stereocenters. The van der Waals surface area contributed by atoms with Crippen LogP contribution in [0.15, 0.2) is 41.5 Å². The lowest BCUT2D eigenvalue weighted by atomic mass is 10.1. The molecule has 0 aliphatic rings. The highest BCUT2D eigenvalue weighted by Gasteiger charge is 2.14. The van der Waals surface area contributed by atoms with Crippen LogP contribution in [0.3, 0.4) is 0 Å². The molecule has 2 rings (SSSR count). The summed E-state index contributed by atoms with van der Waals surface area (Å²) in [5.41, 5.74) is 5.75. The Morgan fingerprint density at radius 3 is 2.56 bits per heavy atom. The average molecular weight is 240 g/mol. The number of aliphatic imine (C=N–C) groups is 1. The number of hydrogen-bond acceptors (Lipinski definition) is 1. The molecule has 0 unspecified atom stereocenters. The molecule has 0 radical (unpaired) electrons. The second-order valence-electron chi connectivity index (χ2n) is 4.70. The van der Waals surface area contributed by atoms with Crippen LogP contribution in [0, 0.1) is 6.92 Å². The normalized spacial score (nSPS) is 12.1. The third-order valence-electron chi connectivity index (χ3n) is 3.29. The van der Waals surface area contributed by atoms with Crippen molar-refractivity contribution in [3.63, 3.8) is 0 Å². The van der Waals surface area contributed by atoms with Crippen LogP contribution in [-0.2, 0) is 7.05 Å². The molecule has 0 N–H and O–H groups in total. The monoisotopic (exact) mass is 240 g/mol. The van der Waals surface area contributed by atoms with E-state index in [4.69, 9.17) is 0 Å². The number of para-hydroxylation sites is 1. The smallest absolute Gasteiger partial charge is 0.0663 e. The van der Waals surface area contributed by atoms with Gasteiger partial charge in [0.25, 0.3) is 0 Å². The topological polar surface area (TPSA) is 17.3 Å². The molecule has 2 nitrogen and oxygen atoms in total. The minimum absolute atomic E-state index is 0.858. The van der Waals surface area contributed by atoms with Gasteiger partial charge in [-0.1, -0.05) is 31.7 Å². The first-order valence-corrected chi connectivity index (χ1v) is 6.33. The second kappa shape index (κ2) is 4.81. The number of fused-ring (bicyclic) bond motifs is 1. The van der Waals surface area contributed by atoms with Crippen molar-refractivity contribution in [1.82, 2.24) is 4.57 Å². The van der Waals surface area contributed by atoms with Gasteiger partial charge in [0.2, 0.25) is 0 Å². The number of allylic oxidation sites excluding steroid dienone is 1. The Labute approximate surface area is 109 Å². The highest BCUT2D eigenvalue weighted by Crippen LogP contribution is 2.25. The first-order chi connectivity index (χ1) is 8.56. The summed E-state index contributed by atoms with van der Waals surface area (Å²) in [6.45, 7) is 10.1. The number of nitrogens with zero attached hydrogens (tertiary/aromatic N) is 2. The van der Waals surface area contributed by atoms with E-state index in [1.165, 1.54) is 22.2 Å². The zero-order valence-electron chi connectivity index (χ0n) is 11.6. The van der Waals surface area contributed by atoms with Crippen molar-refractivity contribution in [1.29, 1.82) is 0 Å². The maximum atomic E-state index is 4.58. The molecule has 1 heterocycles. The number of rotatable bonds is 3. The van der Waals surface area contributed by atoms with Crippen molar-refractivity contribution in [2.45, 2.75) is 27.2 Å². The zero-order chi connectivity index (χ0) is 13.3. The Hall–Kier alpha value is -1.83. The van der Waals surface area contributed by atoms with Gasteiger partial charge in [0, 0.05) is 23.6 Å². The van der Waals surface area contributed by atoms with E-state index >= 15 is 0 Å². The molecule has 0 aliphatic heterocycles. The van der Waals surface area contributed by atoms with Crippen LogP contribution in [-0.4, -0.2) is 10.3 Å². The lowest BCUT2D eigenvalue weighted by molar-refractivity contribution is 0.939. The van der Waals surface area contributed by atoms with Crippen LogP contribution < -0.4 is 0 Å². The summed E-state index contributed by atoms with van der Waals surface area (Å²) in [6, 6.07) is 8.48. The van der Waals surface area contributed by atoms with Crippen molar-refractivity contribution >= 4 is 16.6 Å². The molecule has 0 aliphatic carbocycles. The van der Waals surface area contributed by atoms with E-state index in [0.717, 1.165) is 17.8 Å². The van der Waals surface area contributed by atoms with E-state index in [-0.39, 0.29) is 0 Å². The SMILES string of the molecule is C=C(C)N=C(CC)c1c(C)c2ccccc2n1C. The lowest BCUT2D eigenvalue weighted by Crippen LogP contribution is -2.07. The Morgan fingerprint density at radius 1 is 1.33 bits per heavy atom. The second-order valence-corrected chi connectivity index (χ2v) is 4.70. The standard InChI is InChI=1S/C16H20N2/c1-6-14(17-11(2)3)16-12(4)13-9-7-8-10-15(13)18(16)5/h7-10H,2,6H2,1,3-5H3. The van der Waals surface area contributed by atoms with Gasteiger partial charge in [-0.2, -0.15) is 0 Å². The Balaban J connectivity index is 2.75. The zero-order valence-corrected chi connectivity index (χ0v) is 11.6. The van der Waals surface area contributed by atoms with Crippen LogP contribution >= 0.6 is 0 Å². The fourth-order valence-corrected chi connectivity index (χ4v) is 2.52. The molecule has 0 bridgehead atoms. The molecule has 0 saturated heterocycles. The van der Waals surface area contributed by atoms with Gasteiger partial charge in [-0.15, -0.1) is 0 Å². The van der Waals surface area contributed by atoms with Crippen molar-refractivity contribution in [2.75, 3.05) is 0 Å². The van der Waals surface area contributed by atoms with Gasteiger partial charge in [0.05, 0.1) is 11.4 Å². The highest BCUT2D eigenvalue weighted by atomic mass is 15.0. The summed E-state index contributed by atoms with van der Waals surface area (Å²) >= 11 is 0. The summed E-state index contributed by atoms with van der Waals surface area (Å²) in [6.07, 6.45) is 0.915. The van der Waals surface area contributed by atoms with E-state index in [1.807, 2.05) is 6.92 Å². The molecular formula is C16H20N2. The van der Waals surface area contributed by atoms with Gasteiger partial charge in [0.15, 0.2) is 0 Å². The first-order valence-electron chi connectivity index (χ1n) is 6.33. The van der Waals surface area contributed by atoms with Crippen molar-refractivity contribution in [3.8, 4) is 0 Å². The number of aryl methyl sites for hydroxylation is 2. The summed E-state index contributed by atoms with van der Waals surface area (Å²) < 4.78 is 2.23. The minimum Gasteiger partial charge on any atom is -0.342 e. The molecule has 0 fully saturated rings. The van der Waals surface area contributed by atoms with Gasteiger partial charge in [-0.25, -0.2) is 0 Å². The van der Waals surface area contributed by atoms with Crippen LogP contribution in [0.2, 0.25) is 0 Å². The van der Waals surface area contributed by atoms with Crippen LogP contribution in [0.5, 0.6) is 0 Å². The molecule has 18 heavy (non-hydrogen) atoms. The Kier molecular flexibility index (Phi) is 3.37. The number of aromatic nitrogens is 1.